The first-order valence-corrected chi connectivity index (χ1v) is 23.1. The number of unbranched alkanes of at least 4 members (excludes halogenated alkanes) is 14. The highest BCUT2D eigenvalue weighted by molar-refractivity contribution is 5.57. The van der Waals surface area contributed by atoms with E-state index in [-0.39, 0.29) is 5.41 Å². The number of ether oxygens (including phenoxy) is 1. The summed E-state index contributed by atoms with van der Waals surface area (Å²) in [6.07, 6.45) is 42.9. The molecule has 0 aromatic heterocycles. The fourth-order valence-electron chi connectivity index (χ4n) is 9.00. The zero-order chi connectivity index (χ0) is 37.2. The molecule has 300 valence electrons. The van der Waals surface area contributed by atoms with Gasteiger partial charge in [-0.15, -0.1) is 0 Å². The first-order valence-electron chi connectivity index (χ1n) is 23.1. The molecular formula is C48H91NO2. The van der Waals surface area contributed by atoms with Crippen LogP contribution in [0.15, 0.2) is 12.2 Å². The lowest BCUT2D eigenvalue weighted by Gasteiger charge is -2.26. The third-order valence-electron chi connectivity index (χ3n) is 12.8. The predicted octanol–water partition coefficient (Wildman–Crippen LogP) is 14.6. The van der Waals surface area contributed by atoms with Crippen LogP contribution in [-0.2, 0) is 9.53 Å². The van der Waals surface area contributed by atoms with Crippen LogP contribution in [0.25, 0.3) is 0 Å². The Labute approximate surface area is 320 Å². The second-order valence-corrected chi connectivity index (χ2v) is 19.1. The maximum absolute atomic E-state index is 11.5. The van der Waals surface area contributed by atoms with Gasteiger partial charge in [0.15, 0.2) is 0 Å². The number of aldehydes is 1. The molecule has 0 aromatic carbocycles. The van der Waals surface area contributed by atoms with Gasteiger partial charge in [-0.05, 0) is 93.4 Å². The average Bonchev–Trinajstić information content (AvgIpc) is 3.78. The number of carbonyl (C=O) groups is 1. The van der Waals surface area contributed by atoms with Crippen molar-refractivity contribution in [2.45, 2.75) is 228 Å². The average molecular weight is 714 g/mol. The Morgan fingerprint density at radius 1 is 0.706 bits per heavy atom. The van der Waals surface area contributed by atoms with Crippen LogP contribution in [0.4, 0.5) is 0 Å². The van der Waals surface area contributed by atoms with E-state index in [0.29, 0.717) is 11.5 Å². The highest BCUT2D eigenvalue weighted by atomic mass is 16.5. The van der Waals surface area contributed by atoms with E-state index in [1.807, 2.05) is 0 Å². The van der Waals surface area contributed by atoms with Crippen LogP contribution in [0.3, 0.4) is 0 Å². The van der Waals surface area contributed by atoms with Gasteiger partial charge in [-0.1, -0.05) is 176 Å². The maximum Gasteiger partial charge on any atom is 0.125 e. The molecule has 1 aliphatic carbocycles. The molecule has 51 heavy (non-hydrogen) atoms. The Morgan fingerprint density at radius 2 is 1.31 bits per heavy atom. The van der Waals surface area contributed by atoms with Crippen molar-refractivity contribution in [1.29, 1.82) is 0 Å². The number of hydrogen-bond donors (Lipinski definition) is 0. The molecule has 1 saturated heterocycles. The number of likely N-dealkylation sites (tertiary alicyclic amines) is 1. The largest absolute Gasteiger partial charge is 0.380 e. The van der Waals surface area contributed by atoms with Gasteiger partial charge < -0.3 is 9.53 Å². The van der Waals surface area contributed by atoms with Crippen molar-refractivity contribution in [3.8, 4) is 0 Å². The minimum Gasteiger partial charge on any atom is -0.380 e. The van der Waals surface area contributed by atoms with Crippen molar-refractivity contribution >= 4 is 6.29 Å². The van der Waals surface area contributed by atoms with Crippen molar-refractivity contribution in [1.82, 2.24) is 4.90 Å². The van der Waals surface area contributed by atoms with Crippen LogP contribution in [0, 0.1) is 34.5 Å². The molecule has 0 aromatic rings. The first kappa shape index (κ1) is 46.5. The van der Waals surface area contributed by atoms with Gasteiger partial charge in [-0.25, -0.2) is 0 Å². The Balaban J connectivity index is 1.65. The number of hydrogen-bond acceptors (Lipinski definition) is 3. The van der Waals surface area contributed by atoms with Crippen molar-refractivity contribution in [2.75, 3.05) is 26.3 Å². The van der Waals surface area contributed by atoms with Gasteiger partial charge in [-0.2, -0.15) is 0 Å². The summed E-state index contributed by atoms with van der Waals surface area (Å²) in [4.78, 5) is 14.2. The van der Waals surface area contributed by atoms with E-state index < -0.39 is 0 Å². The van der Waals surface area contributed by atoms with Crippen molar-refractivity contribution in [3.05, 3.63) is 12.2 Å². The van der Waals surface area contributed by atoms with Crippen LogP contribution >= 0.6 is 0 Å². The quantitative estimate of drug-likeness (QED) is 0.0372. The van der Waals surface area contributed by atoms with Crippen LogP contribution in [-0.4, -0.2) is 43.5 Å². The molecule has 0 bridgehead atoms. The SMILES string of the molecule is CCCCCCCCC(/C=C\CC(C)(C)CCCCCCOC[C@@H]1C[C@H](C2CC2CCCC)CN1CCCC(C)(C)C=O)CCCCCCCC. The van der Waals surface area contributed by atoms with Crippen LogP contribution in [0.2, 0.25) is 0 Å². The number of carbonyl (C=O) groups excluding carboxylic acids is 1. The van der Waals surface area contributed by atoms with Gasteiger partial charge in [0.1, 0.15) is 6.29 Å². The fourth-order valence-corrected chi connectivity index (χ4v) is 9.00. The molecule has 0 radical (unpaired) electrons. The molecule has 2 unspecified atom stereocenters. The Kier molecular flexibility index (Phi) is 25.4. The van der Waals surface area contributed by atoms with Crippen LogP contribution in [0.1, 0.15) is 222 Å². The Hall–Kier alpha value is -0.670. The monoisotopic (exact) mass is 714 g/mol. The standard InChI is InChI=1S/C48H91NO2/c1-8-11-14-16-18-22-28-42(29-23-19-17-15-12-9-2)30-26-33-47(4,5)32-24-20-21-25-36-51-40-45-37-44(46-38-43(46)31-13-10-3)39-49(45)35-27-34-48(6,7)41-50/h26,30,41-46H,8-25,27-29,31-40H2,1-7H3/b30-26-/t43?,44-,45-,46?/m0/s1. The maximum atomic E-state index is 11.5. The van der Waals surface area contributed by atoms with Crippen LogP contribution < -0.4 is 0 Å². The van der Waals surface area contributed by atoms with Crippen molar-refractivity contribution in [2.24, 2.45) is 34.5 Å². The first-order chi connectivity index (χ1) is 24.6. The minimum atomic E-state index is -0.193. The van der Waals surface area contributed by atoms with Gasteiger partial charge in [0.2, 0.25) is 0 Å². The Morgan fingerprint density at radius 3 is 1.96 bits per heavy atom. The smallest absolute Gasteiger partial charge is 0.125 e. The van der Waals surface area contributed by atoms with Crippen molar-refractivity contribution < 1.29 is 9.53 Å². The molecule has 0 spiro atoms. The van der Waals surface area contributed by atoms with Crippen molar-refractivity contribution in [3.63, 3.8) is 0 Å². The van der Waals surface area contributed by atoms with E-state index in [4.69, 9.17) is 4.74 Å². The highest BCUT2D eigenvalue weighted by Crippen LogP contribution is 2.51. The zero-order valence-corrected chi connectivity index (χ0v) is 35.8. The number of nitrogens with zero attached hydrogens (tertiary/aromatic N) is 1. The molecule has 3 heteroatoms. The zero-order valence-electron chi connectivity index (χ0n) is 35.8. The van der Waals surface area contributed by atoms with E-state index in [9.17, 15) is 4.79 Å². The normalized spacial score (nSPS) is 21.4. The summed E-state index contributed by atoms with van der Waals surface area (Å²) in [6.45, 7) is 20.3. The second-order valence-electron chi connectivity index (χ2n) is 19.1. The van der Waals surface area contributed by atoms with Gasteiger partial charge in [0.25, 0.3) is 0 Å². The second kappa shape index (κ2) is 27.8. The lowest BCUT2D eigenvalue weighted by molar-refractivity contribution is -0.115. The molecule has 1 heterocycles. The molecule has 0 N–H and O–H groups in total. The predicted molar refractivity (Wildman–Crippen MR) is 225 cm³/mol. The molecule has 2 aliphatic rings. The third-order valence-corrected chi connectivity index (χ3v) is 12.8. The van der Waals surface area contributed by atoms with Gasteiger partial charge in [0, 0.05) is 24.6 Å². The van der Waals surface area contributed by atoms with Crippen LogP contribution in [0.5, 0.6) is 0 Å². The van der Waals surface area contributed by atoms with E-state index in [1.165, 1.54) is 167 Å². The fraction of sp³-hybridized carbons (Fsp3) is 0.938. The topological polar surface area (TPSA) is 29.5 Å². The molecule has 1 aliphatic heterocycles. The molecule has 1 saturated carbocycles. The lowest BCUT2D eigenvalue weighted by Crippen LogP contribution is -2.34. The summed E-state index contributed by atoms with van der Waals surface area (Å²) in [5.74, 6) is 3.62. The van der Waals surface area contributed by atoms with Gasteiger partial charge >= 0.3 is 0 Å². The van der Waals surface area contributed by atoms with E-state index >= 15 is 0 Å². The van der Waals surface area contributed by atoms with Gasteiger partial charge in [-0.3, -0.25) is 4.90 Å². The van der Waals surface area contributed by atoms with Gasteiger partial charge in [0.05, 0.1) is 6.61 Å². The molecule has 3 nitrogen and oxygen atoms in total. The van der Waals surface area contributed by atoms with E-state index in [2.05, 4.69) is 65.5 Å². The lowest BCUT2D eigenvalue weighted by atomic mass is 9.83. The van der Waals surface area contributed by atoms with E-state index in [0.717, 1.165) is 62.6 Å². The molecular weight excluding hydrogens is 623 g/mol. The minimum absolute atomic E-state index is 0.193. The summed E-state index contributed by atoms with van der Waals surface area (Å²) in [7, 11) is 0. The van der Waals surface area contributed by atoms with E-state index in [1.54, 1.807) is 0 Å². The summed E-state index contributed by atoms with van der Waals surface area (Å²) < 4.78 is 6.38. The molecule has 0 amide bonds. The molecule has 2 fully saturated rings. The summed E-state index contributed by atoms with van der Waals surface area (Å²) >= 11 is 0. The number of allylic oxidation sites excluding steroid dienone is 2. The highest BCUT2D eigenvalue weighted by Gasteiger charge is 2.46. The third kappa shape index (κ3) is 22.3. The summed E-state index contributed by atoms with van der Waals surface area (Å²) in [5.41, 5.74) is 0.208. The molecule has 2 rings (SSSR count). The molecule has 4 atom stereocenters. The summed E-state index contributed by atoms with van der Waals surface area (Å²) in [5, 5.41) is 0. The Bertz CT molecular complexity index is 847. The summed E-state index contributed by atoms with van der Waals surface area (Å²) in [6, 6.07) is 0.576. The number of rotatable bonds is 35.